The zero-order chi connectivity index (χ0) is 21.2. The number of carbonyl (C=O) groups excluding carboxylic acids is 1. The van der Waals surface area contributed by atoms with Gasteiger partial charge in [-0.1, -0.05) is 33.8 Å². The van der Waals surface area contributed by atoms with E-state index in [1.807, 2.05) is 52.0 Å². The fourth-order valence-electron chi connectivity index (χ4n) is 3.42. The number of aromatic nitrogens is 1. The predicted molar refractivity (Wildman–Crippen MR) is 111 cm³/mol. The van der Waals surface area contributed by atoms with Crippen molar-refractivity contribution in [1.29, 1.82) is 10.7 Å². The highest BCUT2D eigenvalue weighted by Crippen LogP contribution is 2.32. The average molecular weight is 390 g/mol. The first-order valence-corrected chi connectivity index (χ1v) is 9.74. The lowest BCUT2D eigenvalue weighted by Crippen LogP contribution is -2.30. The molecule has 0 unspecified atom stereocenters. The summed E-state index contributed by atoms with van der Waals surface area (Å²) in [5.74, 6) is 0.859. The van der Waals surface area contributed by atoms with Gasteiger partial charge in [0, 0.05) is 28.9 Å². The van der Waals surface area contributed by atoms with Gasteiger partial charge in [0.15, 0.2) is 12.4 Å². The van der Waals surface area contributed by atoms with Gasteiger partial charge in [-0.3, -0.25) is 10.2 Å². The summed E-state index contributed by atoms with van der Waals surface area (Å²) in [5, 5.41) is 17.2. The molecule has 6 heteroatoms. The maximum Gasteiger partial charge on any atom is 0.182 e. The van der Waals surface area contributed by atoms with Crippen LogP contribution >= 0.6 is 0 Å². The molecule has 0 amide bonds. The number of pyridine rings is 1. The van der Waals surface area contributed by atoms with Crippen LogP contribution < -0.4 is 4.74 Å². The summed E-state index contributed by atoms with van der Waals surface area (Å²) in [5.41, 5.74) is 3.82. The van der Waals surface area contributed by atoms with Crippen LogP contribution in [0.15, 0.2) is 30.3 Å². The monoisotopic (exact) mass is 390 g/mol. The second-order valence-corrected chi connectivity index (χ2v) is 8.20. The van der Waals surface area contributed by atoms with Crippen molar-refractivity contribution in [3.05, 3.63) is 58.4 Å². The Balaban J connectivity index is 1.81. The minimum atomic E-state index is -0.238. The number of nitrogens with one attached hydrogen (secondary N) is 1. The normalized spacial score (nSPS) is 13.2. The number of hydrogen-bond acceptors (Lipinski definition) is 5. The van der Waals surface area contributed by atoms with Crippen molar-refractivity contribution in [2.75, 3.05) is 13.2 Å². The predicted octanol–water partition coefficient (Wildman–Crippen LogP) is 3.87. The number of nitriles is 1. The molecule has 1 aliphatic heterocycles. The molecular formula is C23H26N4O2. The van der Waals surface area contributed by atoms with E-state index >= 15 is 0 Å². The molecule has 1 N–H and O–H groups in total. The van der Waals surface area contributed by atoms with Crippen molar-refractivity contribution in [1.82, 2.24) is 9.88 Å². The van der Waals surface area contributed by atoms with Crippen LogP contribution in [0, 0.1) is 16.7 Å². The quantitative estimate of drug-likeness (QED) is 0.756. The van der Waals surface area contributed by atoms with Crippen molar-refractivity contribution in [3.63, 3.8) is 0 Å². The van der Waals surface area contributed by atoms with Gasteiger partial charge in [-0.25, -0.2) is 4.98 Å². The van der Waals surface area contributed by atoms with Gasteiger partial charge in [-0.05, 0) is 36.1 Å². The molecule has 0 bridgehead atoms. The molecule has 6 nitrogen and oxygen atoms in total. The smallest absolute Gasteiger partial charge is 0.182 e. The van der Waals surface area contributed by atoms with Gasteiger partial charge in [0.1, 0.15) is 23.3 Å². The Kier molecular flexibility index (Phi) is 5.69. The largest absolute Gasteiger partial charge is 0.478 e. The van der Waals surface area contributed by atoms with Gasteiger partial charge in [0.05, 0.1) is 6.54 Å². The Hall–Kier alpha value is -3.20. The Morgan fingerprint density at radius 2 is 2.07 bits per heavy atom. The van der Waals surface area contributed by atoms with E-state index in [0.29, 0.717) is 29.4 Å². The molecule has 2 heterocycles. The van der Waals surface area contributed by atoms with E-state index in [-0.39, 0.29) is 24.3 Å². The second-order valence-electron chi connectivity index (χ2n) is 8.20. The first kappa shape index (κ1) is 20.5. The van der Waals surface area contributed by atoms with Crippen LogP contribution in [0.1, 0.15) is 60.6 Å². The number of ether oxygens (including phenoxy) is 1. The highest BCUT2D eigenvalue weighted by molar-refractivity contribution is 6.04. The van der Waals surface area contributed by atoms with Crippen LogP contribution in [-0.2, 0) is 18.4 Å². The number of amidine groups is 1. The number of fused-ring (bicyclic) bond motifs is 1. The van der Waals surface area contributed by atoms with E-state index in [2.05, 4.69) is 4.98 Å². The summed E-state index contributed by atoms with van der Waals surface area (Å²) >= 11 is 0. The molecule has 0 saturated heterocycles. The number of hydrogen-bond donors (Lipinski definition) is 1. The molecule has 0 radical (unpaired) electrons. The van der Waals surface area contributed by atoms with Crippen LogP contribution in [0.25, 0.3) is 0 Å². The van der Waals surface area contributed by atoms with Crippen molar-refractivity contribution < 1.29 is 9.53 Å². The second kappa shape index (κ2) is 8.04. The maximum atomic E-state index is 13.0. The Morgan fingerprint density at radius 3 is 2.72 bits per heavy atom. The van der Waals surface area contributed by atoms with E-state index in [1.165, 1.54) is 0 Å². The highest BCUT2D eigenvalue weighted by Gasteiger charge is 2.28. The highest BCUT2D eigenvalue weighted by atomic mass is 16.5. The molecule has 29 heavy (non-hydrogen) atoms. The van der Waals surface area contributed by atoms with Crippen LogP contribution in [0.3, 0.4) is 0 Å². The third-order valence-corrected chi connectivity index (χ3v) is 5.04. The Bertz CT molecular complexity index is 999. The number of Topliss-reactive ketones (excluding diaryl/α,β-unsaturated/α-hetero) is 1. The average Bonchev–Trinajstić information content (AvgIpc) is 3.00. The molecule has 0 aliphatic carbocycles. The molecule has 1 aromatic heterocycles. The SMILES string of the molecule is CCc1ccc2c(n1)C(=N)N(CC(=O)c1ccc(OCC#N)c(C(C)(C)C)c1)C2. The van der Waals surface area contributed by atoms with E-state index in [4.69, 9.17) is 15.4 Å². The van der Waals surface area contributed by atoms with Crippen molar-refractivity contribution >= 4 is 11.6 Å². The summed E-state index contributed by atoms with van der Waals surface area (Å²) in [6, 6.07) is 11.3. The third kappa shape index (κ3) is 4.29. The number of aryl methyl sites for hydroxylation is 1. The minimum absolute atomic E-state index is 0.0354. The molecule has 0 saturated carbocycles. The maximum absolute atomic E-state index is 13.0. The number of nitrogens with zero attached hydrogens (tertiary/aromatic N) is 3. The summed E-state index contributed by atoms with van der Waals surface area (Å²) in [4.78, 5) is 19.3. The molecule has 0 fully saturated rings. The molecule has 2 aromatic rings. The first-order valence-electron chi connectivity index (χ1n) is 9.74. The van der Waals surface area contributed by atoms with Crippen molar-refractivity contribution in [3.8, 4) is 11.8 Å². The fourth-order valence-corrected chi connectivity index (χ4v) is 3.42. The van der Waals surface area contributed by atoms with Gasteiger partial charge >= 0.3 is 0 Å². The lowest BCUT2D eigenvalue weighted by molar-refractivity contribution is 0.0962. The molecule has 3 rings (SSSR count). The van der Waals surface area contributed by atoms with Gasteiger partial charge in [-0.2, -0.15) is 5.26 Å². The lowest BCUT2D eigenvalue weighted by atomic mass is 9.85. The van der Waals surface area contributed by atoms with Crippen molar-refractivity contribution in [2.24, 2.45) is 0 Å². The first-order chi connectivity index (χ1) is 13.7. The molecule has 0 atom stereocenters. The standard InChI is InChI=1S/C23H26N4O2/c1-5-17-8-6-16-13-27(22(25)21(16)26-17)14-19(28)15-7-9-20(29-11-10-24)18(12-15)23(2,3)4/h6-9,12,25H,5,11,13-14H2,1-4H3. The fraction of sp³-hybridized carbons (Fsp3) is 0.391. The number of benzene rings is 1. The van der Waals surface area contributed by atoms with Gasteiger partial charge < -0.3 is 9.64 Å². The van der Waals surface area contributed by atoms with Crippen LogP contribution in [-0.4, -0.2) is 34.7 Å². The summed E-state index contributed by atoms with van der Waals surface area (Å²) in [7, 11) is 0. The topological polar surface area (TPSA) is 90.1 Å². The van der Waals surface area contributed by atoms with Gasteiger partial charge in [0.25, 0.3) is 0 Å². The van der Waals surface area contributed by atoms with Crippen LogP contribution in [0.5, 0.6) is 5.75 Å². The molecular weight excluding hydrogens is 364 g/mol. The number of ketones is 1. The lowest BCUT2D eigenvalue weighted by Gasteiger charge is -2.23. The van der Waals surface area contributed by atoms with E-state index in [9.17, 15) is 4.79 Å². The molecule has 1 aliphatic rings. The third-order valence-electron chi connectivity index (χ3n) is 5.04. The zero-order valence-electron chi connectivity index (χ0n) is 17.4. The number of rotatable bonds is 6. The van der Waals surface area contributed by atoms with E-state index in [1.54, 1.807) is 17.0 Å². The Labute approximate surface area is 171 Å². The van der Waals surface area contributed by atoms with Gasteiger partial charge in [-0.15, -0.1) is 0 Å². The van der Waals surface area contributed by atoms with Gasteiger partial charge in [0.2, 0.25) is 0 Å². The summed E-state index contributed by atoms with van der Waals surface area (Å²) in [6.07, 6.45) is 0.815. The minimum Gasteiger partial charge on any atom is -0.478 e. The zero-order valence-corrected chi connectivity index (χ0v) is 17.4. The Morgan fingerprint density at radius 1 is 1.31 bits per heavy atom. The van der Waals surface area contributed by atoms with E-state index in [0.717, 1.165) is 23.2 Å². The number of carbonyl (C=O) groups is 1. The summed E-state index contributed by atoms with van der Waals surface area (Å²) < 4.78 is 5.54. The van der Waals surface area contributed by atoms with Crippen LogP contribution in [0.4, 0.5) is 0 Å². The molecule has 0 spiro atoms. The molecule has 150 valence electrons. The van der Waals surface area contributed by atoms with Crippen molar-refractivity contribution in [2.45, 2.75) is 46.1 Å². The van der Waals surface area contributed by atoms with Crippen LogP contribution in [0.2, 0.25) is 0 Å². The van der Waals surface area contributed by atoms with E-state index < -0.39 is 0 Å². The molecule has 1 aromatic carbocycles. The summed E-state index contributed by atoms with van der Waals surface area (Å²) in [6.45, 7) is 8.77.